The van der Waals surface area contributed by atoms with Crippen LogP contribution in [-0.2, 0) is 4.79 Å². The van der Waals surface area contributed by atoms with Gasteiger partial charge in [-0.15, -0.1) is 0 Å². The maximum atomic E-state index is 12.2. The molecule has 4 nitrogen and oxygen atoms in total. The van der Waals surface area contributed by atoms with Crippen LogP contribution in [0.25, 0.3) is 0 Å². The quantitative estimate of drug-likeness (QED) is 0.606. The molecule has 110 valence electrons. The Balaban J connectivity index is 3.05. The summed E-state index contributed by atoms with van der Waals surface area (Å²) in [6.45, 7) is 3.50. The van der Waals surface area contributed by atoms with Crippen molar-refractivity contribution >= 4 is 56.5 Å². The lowest BCUT2D eigenvalue weighted by molar-refractivity contribution is -0.122. The zero-order chi connectivity index (χ0) is 15.5. The Hall–Kier alpha value is -0.780. The molecule has 0 fully saturated rings. The Morgan fingerprint density at radius 3 is 2.25 bits per heavy atom. The van der Waals surface area contributed by atoms with Crippen molar-refractivity contribution < 1.29 is 9.59 Å². The highest BCUT2D eigenvalue weighted by Gasteiger charge is 2.32. The van der Waals surface area contributed by atoms with Gasteiger partial charge in [0, 0.05) is 5.56 Å². The van der Waals surface area contributed by atoms with Crippen molar-refractivity contribution in [3.63, 3.8) is 0 Å². The summed E-state index contributed by atoms with van der Waals surface area (Å²) in [6.07, 6.45) is 0.472. The van der Waals surface area contributed by atoms with E-state index in [9.17, 15) is 9.59 Å². The second-order valence-corrected chi connectivity index (χ2v) is 5.93. The Morgan fingerprint density at radius 1 is 1.35 bits per heavy atom. The summed E-state index contributed by atoms with van der Waals surface area (Å²) in [7, 11) is 0. The van der Waals surface area contributed by atoms with Crippen molar-refractivity contribution in [1.82, 2.24) is 5.32 Å². The molecule has 0 aliphatic carbocycles. The van der Waals surface area contributed by atoms with Crippen molar-refractivity contribution in [2.75, 3.05) is 11.1 Å². The van der Waals surface area contributed by atoms with Gasteiger partial charge in [0.15, 0.2) is 5.78 Å². The Morgan fingerprint density at radius 2 is 1.85 bits per heavy atom. The van der Waals surface area contributed by atoms with Crippen LogP contribution in [0.4, 0.5) is 5.69 Å². The fraction of sp³-hybridized carbons (Fsp3) is 0.385. The van der Waals surface area contributed by atoms with E-state index < -0.39 is 11.4 Å². The molecule has 0 radical (unpaired) electrons. The highest BCUT2D eigenvalue weighted by molar-refractivity contribution is 9.09. The maximum Gasteiger partial charge on any atom is 0.252 e. The van der Waals surface area contributed by atoms with E-state index in [4.69, 9.17) is 28.9 Å². The number of nitrogens with two attached hydrogens (primary N) is 1. The third kappa shape index (κ3) is 3.65. The smallest absolute Gasteiger partial charge is 0.252 e. The van der Waals surface area contributed by atoms with Crippen LogP contribution in [0, 0.1) is 0 Å². The van der Waals surface area contributed by atoms with Crippen molar-refractivity contribution in [3.8, 4) is 0 Å². The zero-order valence-corrected chi connectivity index (χ0v) is 14.2. The number of anilines is 1. The number of carbonyl (C=O) groups is 2. The van der Waals surface area contributed by atoms with Gasteiger partial charge in [-0.3, -0.25) is 9.59 Å². The average Bonchev–Trinajstić information content (AvgIpc) is 2.42. The standard InChI is InChI=1S/C13H15BrCl2N2O2/c1-3-13(2,10(19)6-14)18-12(20)7-4-8(15)11(17)9(16)5-7/h4-5H,3,6,17H2,1-2H3,(H,18,20). The van der Waals surface area contributed by atoms with Crippen molar-refractivity contribution in [1.29, 1.82) is 0 Å². The fourth-order valence-corrected chi connectivity index (χ4v) is 2.65. The molecule has 0 aromatic heterocycles. The van der Waals surface area contributed by atoms with Gasteiger partial charge in [0.25, 0.3) is 5.91 Å². The van der Waals surface area contributed by atoms with Gasteiger partial charge >= 0.3 is 0 Å². The number of alkyl halides is 1. The third-order valence-corrected chi connectivity index (χ3v) is 4.31. The Kier molecular flexibility index (Phi) is 5.86. The first-order valence-electron chi connectivity index (χ1n) is 5.91. The number of hydrogen-bond donors (Lipinski definition) is 2. The number of nitrogen functional groups attached to an aromatic ring is 1. The van der Waals surface area contributed by atoms with Gasteiger partial charge in [-0.1, -0.05) is 46.1 Å². The lowest BCUT2D eigenvalue weighted by Crippen LogP contribution is -2.52. The van der Waals surface area contributed by atoms with Gasteiger partial charge < -0.3 is 11.1 Å². The van der Waals surface area contributed by atoms with Crippen LogP contribution < -0.4 is 11.1 Å². The summed E-state index contributed by atoms with van der Waals surface area (Å²) in [4.78, 5) is 24.1. The monoisotopic (exact) mass is 380 g/mol. The van der Waals surface area contributed by atoms with E-state index in [0.29, 0.717) is 6.42 Å². The summed E-state index contributed by atoms with van der Waals surface area (Å²) in [6, 6.07) is 2.85. The molecule has 1 rings (SSSR count). The van der Waals surface area contributed by atoms with Crippen LogP contribution in [0.15, 0.2) is 12.1 Å². The molecule has 0 spiro atoms. The molecule has 0 aliphatic heterocycles. The number of amides is 1. The molecule has 0 bridgehead atoms. The number of nitrogens with one attached hydrogen (secondary N) is 1. The van der Waals surface area contributed by atoms with Crippen molar-refractivity contribution in [2.24, 2.45) is 0 Å². The fourth-order valence-electron chi connectivity index (χ4n) is 1.54. The Bertz CT molecular complexity index is 528. The zero-order valence-electron chi connectivity index (χ0n) is 11.1. The number of benzene rings is 1. The molecule has 1 aromatic carbocycles. The minimum Gasteiger partial charge on any atom is -0.396 e. The van der Waals surface area contributed by atoms with Gasteiger partial charge in [-0.2, -0.15) is 0 Å². The van der Waals surface area contributed by atoms with Gasteiger partial charge in [-0.25, -0.2) is 0 Å². The van der Waals surface area contributed by atoms with Crippen LogP contribution in [0.3, 0.4) is 0 Å². The van der Waals surface area contributed by atoms with Crippen LogP contribution >= 0.6 is 39.1 Å². The second-order valence-electron chi connectivity index (χ2n) is 4.55. The van der Waals surface area contributed by atoms with E-state index in [-0.39, 0.29) is 32.4 Å². The van der Waals surface area contributed by atoms with Gasteiger partial charge in [-0.05, 0) is 25.5 Å². The highest BCUT2D eigenvalue weighted by Crippen LogP contribution is 2.29. The predicted octanol–water partition coefficient (Wildman–Crippen LogP) is 3.44. The second kappa shape index (κ2) is 6.78. The number of carbonyl (C=O) groups excluding carboxylic acids is 2. The molecular formula is C13H15BrCl2N2O2. The van der Waals surface area contributed by atoms with Crippen LogP contribution in [0.5, 0.6) is 0 Å². The van der Waals surface area contributed by atoms with Crippen LogP contribution in [0.2, 0.25) is 10.0 Å². The molecule has 0 saturated heterocycles. The largest absolute Gasteiger partial charge is 0.396 e. The molecule has 7 heteroatoms. The van der Waals surface area contributed by atoms with Gasteiger partial charge in [0.05, 0.1) is 26.6 Å². The third-order valence-electron chi connectivity index (χ3n) is 3.17. The molecule has 1 aromatic rings. The highest BCUT2D eigenvalue weighted by atomic mass is 79.9. The SMILES string of the molecule is CCC(C)(NC(=O)c1cc(Cl)c(N)c(Cl)c1)C(=O)CBr. The minimum absolute atomic E-state index is 0.110. The molecule has 1 atom stereocenters. The lowest BCUT2D eigenvalue weighted by Gasteiger charge is -2.27. The van der Waals surface area contributed by atoms with E-state index in [1.165, 1.54) is 12.1 Å². The van der Waals surface area contributed by atoms with Gasteiger partial charge in [0.1, 0.15) is 0 Å². The van der Waals surface area contributed by atoms with E-state index >= 15 is 0 Å². The number of hydrogen-bond acceptors (Lipinski definition) is 3. The minimum atomic E-state index is -0.944. The van der Waals surface area contributed by atoms with Crippen molar-refractivity contribution in [2.45, 2.75) is 25.8 Å². The topological polar surface area (TPSA) is 72.2 Å². The van der Waals surface area contributed by atoms with Crippen LogP contribution in [0.1, 0.15) is 30.6 Å². The average molecular weight is 382 g/mol. The summed E-state index contributed by atoms with van der Waals surface area (Å²) >= 11 is 14.9. The van der Waals surface area contributed by atoms with E-state index in [1.807, 2.05) is 6.92 Å². The predicted molar refractivity (Wildman–Crippen MR) is 85.8 cm³/mol. The molecular weight excluding hydrogens is 367 g/mol. The number of rotatable bonds is 5. The molecule has 1 amide bonds. The van der Waals surface area contributed by atoms with Gasteiger partial charge in [0.2, 0.25) is 0 Å². The lowest BCUT2D eigenvalue weighted by atomic mass is 9.93. The molecule has 0 aliphatic rings. The number of halogens is 3. The summed E-state index contributed by atoms with van der Waals surface area (Å²) in [5, 5.41) is 3.28. The van der Waals surface area contributed by atoms with Crippen molar-refractivity contribution in [3.05, 3.63) is 27.7 Å². The van der Waals surface area contributed by atoms with E-state index in [1.54, 1.807) is 6.92 Å². The molecule has 3 N–H and O–H groups in total. The first-order chi connectivity index (χ1) is 9.25. The molecule has 0 saturated carbocycles. The number of Topliss-reactive ketones (excluding diaryl/α,β-unsaturated/α-hetero) is 1. The Labute approximate surface area is 136 Å². The molecule has 1 unspecified atom stereocenters. The normalized spacial score (nSPS) is 13.7. The maximum absolute atomic E-state index is 12.2. The summed E-state index contributed by atoms with van der Waals surface area (Å²) in [5.74, 6) is -0.534. The van der Waals surface area contributed by atoms with Crippen LogP contribution in [-0.4, -0.2) is 22.6 Å². The molecule has 0 heterocycles. The first kappa shape index (κ1) is 17.3. The number of ketones is 1. The van der Waals surface area contributed by atoms with E-state index in [0.717, 1.165) is 0 Å². The molecule has 20 heavy (non-hydrogen) atoms. The summed E-state index contributed by atoms with van der Waals surface area (Å²) in [5.41, 5.74) is 5.16. The summed E-state index contributed by atoms with van der Waals surface area (Å²) < 4.78 is 0. The van der Waals surface area contributed by atoms with E-state index in [2.05, 4.69) is 21.2 Å². The first-order valence-corrected chi connectivity index (χ1v) is 7.79.